The fourth-order valence-corrected chi connectivity index (χ4v) is 4.12. The standard InChI is InChI=1S/C25H34N2O2S/c1-4-20(3)26-25(29)23(5-2)27(18-16-21-12-8-6-9-13-21)24(28)17-19-30-22-14-10-7-11-15-22/h6-15,20,23H,4-5,16-19H2,1-3H3,(H,26,29)/t20-,23+/m0/s1. The number of thioether (sulfide) groups is 1. The molecule has 0 unspecified atom stereocenters. The summed E-state index contributed by atoms with van der Waals surface area (Å²) in [6.45, 7) is 6.57. The molecule has 2 atom stereocenters. The van der Waals surface area contributed by atoms with Crippen molar-refractivity contribution in [1.82, 2.24) is 10.2 Å². The van der Waals surface area contributed by atoms with Crippen LogP contribution < -0.4 is 5.32 Å². The van der Waals surface area contributed by atoms with Gasteiger partial charge in [-0.15, -0.1) is 11.8 Å². The summed E-state index contributed by atoms with van der Waals surface area (Å²) in [4.78, 5) is 29.0. The lowest BCUT2D eigenvalue weighted by atomic mass is 10.1. The second-order valence-corrected chi connectivity index (χ2v) is 8.64. The number of carbonyl (C=O) groups excluding carboxylic acids is 2. The molecule has 30 heavy (non-hydrogen) atoms. The van der Waals surface area contributed by atoms with Gasteiger partial charge in [0.2, 0.25) is 11.8 Å². The number of nitrogens with one attached hydrogen (secondary N) is 1. The molecule has 2 amide bonds. The predicted molar refractivity (Wildman–Crippen MR) is 126 cm³/mol. The number of hydrogen-bond donors (Lipinski definition) is 1. The van der Waals surface area contributed by atoms with Crippen LogP contribution in [-0.4, -0.2) is 41.1 Å². The fourth-order valence-electron chi connectivity index (χ4n) is 3.25. The van der Waals surface area contributed by atoms with Crippen molar-refractivity contribution in [2.75, 3.05) is 12.3 Å². The van der Waals surface area contributed by atoms with E-state index in [2.05, 4.69) is 29.6 Å². The maximum Gasteiger partial charge on any atom is 0.243 e. The molecule has 0 bridgehead atoms. The van der Waals surface area contributed by atoms with Gasteiger partial charge in [0, 0.05) is 29.7 Å². The third kappa shape index (κ3) is 7.86. The second-order valence-electron chi connectivity index (χ2n) is 7.48. The molecule has 0 aliphatic carbocycles. The van der Waals surface area contributed by atoms with Crippen LogP contribution in [-0.2, 0) is 16.0 Å². The summed E-state index contributed by atoms with van der Waals surface area (Å²) in [6.07, 6.45) is 2.63. The highest BCUT2D eigenvalue weighted by molar-refractivity contribution is 7.99. The molecule has 162 valence electrons. The molecule has 0 aliphatic rings. The van der Waals surface area contributed by atoms with E-state index in [-0.39, 0.29) is 17.9 Å². The Labute approximate surface area is 185 Å². The van der Waals surface area contributed by atoms with Crippen molar-refractivity contribution in [1.29, 1.82) is 0 Å². The van der Waals surface area contributed by atoms with Crippen LogP contribution in [0.3, 0.4) is 0 Å². The number of rotatable bonds is 12. The van der Waals surface area contributed by atoms with Crippen molar-refractivity contribution in [3.05, 3.63) is 66.2 Å². The minimum absolute atomic E-state index is 0.0421. The van der Waals surface area contributed by atoms with E-state index in [1.54, 1.807) is 16.7 Å². The van der Waals surface area contributed by atoms with Crippen LogP contribution in [0.1, 0.15) is 45.6 Å². The first-order valence-electron chi connectivity index (χ1n) is 10.9. The Morgan fingerprint density at radius 3 is 2.20 bits per heavy atom. The molecule has 5 heteroatoms. The first-order valence-corrected chi connectivity index (χ1v) is 11.8. The Hall–Kier alpha value is -2.27. The molecule has 0 aliphatic heterocycles. The average molecular weight is 427 g/mol. The maximum absolute atomic E-state index is 13.1. The first-order chi connectivity index (χ1) is 14.5. The van der Waals surface area contributed by atoms with E-state index >= 15 is 0 Å². The molecule has 4 nitrogen and oxygen atoms in total. The molecule has 0 fully saturated rings. The van der Waals surface area contributed by atoms with Crippen molar-refractivity contribution < 1.29 is 9.59 Å². The molecular weight excluding hydrogens is 392 g/mol. The third-order valence-corrected chi connectivity index (χ3v) is 6.21. The molecule has 0 saturated carbocycles. The lowest BCUT2D eigenvalue weighted by molar-refractivity contribution is -0.140. The predicted octanol–water partition coefficient (Wildman–Crippen LogP) is 4.93. The van der Waals surface area contributed by atoms with Crippen LogP contribution in [0.25, 0.3) is 0 Å². The van der Waals surface area contributed by atoms with E-state index in [1.165, 1.54) is 5.56 Å². The average Bonchev–Trinajstić information content (AvgIpc) is 2.77. The monoisotopic (exact) mass is 426 g/mol. The number of nitrogens with zero attached hydrogens (tertiary/aromatic N) is 1. The van der Waals surface area contributed by atoms with Gasteiger partial charge in [-0.25, -0.2) is 0 Å². The topological polar surface area (TPSA) is 49.4 Å². The fraction of sp³-hybridized carbons (Fsp3) is 0.440. The highest BCUT2D eigenvalue weighted by Gasteiger charge is 2.28. The van der Waals surface area contributed by atoms with Gasteiger partial charge in [-0.2, -0.15) is 0 Å². The number of benzene rings is 2. The van der Waals surface area contributed by atoms with E-state index in [9.17, 15) is 9.59 Å². The van der Waals surface area contributed by atoms with E-state index in [1.807, 2.05) is 57.2 Å². The van der Waals surface area contributed by atoms with Crippen LogP contribution in [0.4, 0.5) is 0 Å². The molecule has 0 spiro atoms. The number of carbonyl (C=O) groups is 2. The number of hydrogen-bond acceptors (Lipinski definition) is 3. The van der Waals surface area contributed by atoms with Gasteiger partial charge in [0.1, 0.15) is 6.04 Å². The van der Waals surface area contributed by atoms with Gasteiger partial charge in [0.15, 0.2) is 0 Å². The Morgan fingerprint density at radius 2 is 1.60 bits per heavy atom. The highest BCUT2D eigenvalue weighted by Crippen LogP contribution is 2.19. The molecule has 2 aromatic carbocycles. The highest BCUT2D eigenvalue weighted by atomic mass is 32.2. The van der Waals surface area contributed by atoms with Crippen molar-refractivity contribution >= 4 is 23.6 Å². The summed E-state index contributed by atoms with van der Waals surface area (Å²) < 4.78 is 0. The van der Waals surface area contributed by atoms with Gasteiger partial charge in [0.05, 0.1) is 0 Å². The van der Waals surface area contributed by atoms with Crippen LogP contribution in [0.2, 0.25) is 0 Å². The largest absolute Gasteiger partial charge is 0.352 e. The minimum Gasteiger partial charge on any atom is -0.352 e. The lowest BCUT2D eigenvalue weighted by Crippen LogP contribution is -2.51. The van der Waals surface area contributed by atoms with Gasteiger partial charge in [0.25, 0.3) is 0 Å². The molecular formula is C25H34N2O2S. The summed E-state index contributed by atoms with van der Waals surface area (Å²) in [5, 5.41) is 3.06. The van der Waals surface area contributed by atoms with Crippen LogP contribution in [0.5, 0.6) is 0 Å². The lowest BCUT2D eigenvalue weighted by Gasteiger charge is -2.31. The zero-order chi connectivity index (χ0) is 21.8. The Kier molecular flexibility index (Phi) is 10.5. The molecule has 2 aromatic rings. The van der Waals surface area contributed by atoms with Crippen molar-refractivity contribution in [3.8, 4) is 0 Å². The van der Waals surface area contributed by atoms with Gasteiger partial charge < -0.3 is 10.2 Å². The smallest absolute Gasteiger partial charge is 0.243 e. The van der Waals surface area contributed by atoms with Gasteiger partial charge in [-0.3, -0.25) is 9.59 Å². The Bertz CT molecular complexity index is 767. The summed E-state index contributed by atoms with van der Waals surface area (Å²) in [5.41, 5.74) is 1.17. The van der Waals surface area contributed by atoms with Crippen LogP contribution in [0.15, 0.2) is 65.6 Å². The summed E-state index contributed by atoms with van der Waals surface area (Å²) >= 11 is 1.67. The molecule has 0 heterocycles. The normalized spacial score (nSPS) is 12.8. The number of amides is 2. The van der Waals surface area contributed by atoms with E-state index in [0.29, 0.717) is 25.1 Å². The van der Waals surface area contributed by atoms with E-state index < -0.39 is 6.04 Å². The third-order valence-electron chi connectivity index (χ3n) is 5.20. The zero-order valence-corrected chi connectivity index (χ0v) is 19.2. The molecule has 1 N–H and O–H groups in total. The van der Waals surface area contributed by atoms with Crippen LogP contribution >= 0.6 is 11.8 Å². The molecule has 2 rings (SSSR count). The van der Waals surface area contributed by atoms with Gasteiger partial charge >= 0.3 is 0 Å². The van der Waals surface area contributed by atoms with Crippen LogP contribution in [0, 0.1) is 0 Å². The zero-order valence-electron chi connectivity index (χ0n) is 18.3. The van der Waals surface area contributed by atoms with E-state index in [4.69, 9.17) is 0 Å². The quantitative estimate of drug-likeness (QED) is 0.490. The Balaban J connectivity index is 2.05. The van der Waals surface area contributed by atoms with Crippen molar-refractivity contribution in [2.45, 2.75) is 63.4 Å². The first kappa shape index (κ1) is 24.0. The Morgan fingerprint density at radius 1 is 0.967 bits per heavy atom. The molecule has 0 aromatic heterocycles. The molecule has 0 radical (unpaired) electrons. The van der Waals surface area contributed by atoms with Crippen molar-refractivity contribution in [2.24, 2.45) is 0 Å². The maximum atomic E-state index is 13.1. The van der Waals surface area contributed by atoms with Gasteiger partial charge in [-0.1, -0.05) is 62.4 Å². The second kappa shape index (κ2) is 13.1. The molecule has 0 saturated heterocycles. The summed E-state index contributed by atoms with van der Waals surface area (Å²) in [7, 11) is 0. The summed E-state index contributed by atoms with van der Waals surface area (Å²) in [5.74, 6) is 0.693. The van der Waals surface area contributed by atoms with E-state index in [0.717, 1.165) is 17.7 Å². The SMILES string of the molecule is CC[C@H](C(=O)N[C@@H](C)CC)N(CCc1ccccc1)C(=O)CCSc1ccccc1. The minimum atomic E-state index is -0.433. The summed E-state index contributed by atoms with van der Waals surface area (Å²) in [6, 6.07) is 19.9. The van der Waals surface area contributed by atoms with Gasteiger partial charge in [-0.05, 0) is 43.9 Å². The van der Waals surface area contributed by atoms with Crippen molar-refractivity contribution in [3.63, 3.8) is 0 Å².